The summed E-state index contributed by atoms with van der Waals surface area (Å²) < 4.78 is 24.2. The highest BCUT2D eigenvalue weighted by Gasteiger charge is 2.19. The Morgan fingerprint density at radius 1 is 1.19 bits per heavy atom. The predicted molar refractivity (Wildman–Crippen MR) is 122 cm³/mol. The summed E-state index contributed by atoms with van der Waals surface area (Å²) in [6, 6.07) is 15.8. The van der Waals surface area contributed by atoms with Crippen molar-refractivity contribution in [2.75, 3.05) is 35.8 Å². The molecule has 0 aliphatic carbocycles. The van der Waals surface area contributed by atoms with Crippen LogP contribution in [0.1, 0.15) is 10.4 Å². The van der Waals surface area contributed by atoms with Gasteiger partial charge in [0, 0.05) is 22.5 Å². The van der Waals surface area contributed by atoms with Crippen molar-refractivity contribution >= 4 is 39.9 Å². The van der Waals surface area contributed by atoms with Crippen LogP contribution in [0.3, 0.4) is 0 Å². The summed E-state index contributed by atoms with van der Waals surface area (Å²) in [4.78, 5) is 17.1. The molecule has 0 radical (unpaired) electrons. The number of nitrogens with one attached hydrogen (secondary N) is 1. The second-order valence-corrected chi connectivity index (χ2v) is 8.46. The third kappa shape index (κ3) is 4.87. The minimum absolute atomic E-state index is 0.185. The Morgan fingerprint density at radius 3 is 2.68 bits per heavy atom. The number of benzene rings is 2. The van der Waals surface area contributed by atoms with E-state index in [0.29, 0.717) is 46.4 Å². The number of nitrogens with zero attached hydrogens (tertiary/aromatic N) is 2. The maximum Gasteiger partial charge on any atom is 0.255 e. The van der Waals surface area contributed by atoms with E-state index in [4.69, 9.17) is 21.1 Å². The predicted octanol–water partition coefficient (Wildman–Crippen LogP) is 4.12. The molecule has 31 heavy (non-hydrogen) atoms. The fourth-order valence-electron chi connectivity index (χ4n) is 3.13. The second kappa shape index (κ2) is 9.47. The third-order valence-electron chi connectivity index (χ3n) is 4.76. The molecular formula is C22H20ClN3O4S. The Labute approximate surface area is 187 Å². The molecule has 1 amide bonds. The first kappa shape index (κ1) is 21.3. The van der Waals surface area contributed by atoms with Crippen LogP contribution in [0.2, 0.25) is 5.02 Å². The number of halogens is 1. The van der Waals surface area contributed by atoms with Crippen LogP contribution in [0, 0.1) is 0 Å². The molecule has 2 heterocycles. The highest BCUT2D eigenvalue weighted by atomic mass is 35.5. The normalized spacial score (nSPS) is 16.1. The van der Waals surface area contributed by atoms with Crippen molar-refractivity contribution in [3.05, 3.63) is 71.4 Å². The molecule has 1 fully saturated rings. The van der Waals surface area contributed by atoms with Crippen molar-refractivity contribution in [1.82, 2.24) is 4.98 Å². The molecule has 160 valence electrons. The lowest BCUT2D eigenvalue weighted by atomic mass is 10.1. The zero-order chi connectivity index (χ0) is 21.8. The molecule has 0 saturated carbocycles. The highest BCUT2D eigenvalue weighted by molar-refractivity contribution is 7.86. The summed E-state index contributed by atoms with van der Waals surface area (Å²) >= 11 is 6.34. The van der Waals surface area contributed by atoms with Crippen LogP contribution in [0.5, 0.6) is 5.75 Å². The standard InChI is InChI=1S/C22H20ClN3O4S/c1-29-18-7-9-21(24-13-18)19-12-16(4-8-20(19)23)25-22(27)15-2-5-17(6-3-15)26-10-11-30-14-31(26)28/h2-9,12-13H,10-11,14H2,1H3,(H,25,27). The van der Waals surface area contributed by atoms with E-state index in [1.54, 1.807) is 72.2 Å². The number of rotatable bonds is 5. The number of amides is 1. The largest absolute Gasteiger partial charge is 0.495 e. The van der Waals surface area contributed by atoms with Crippen LogP contribution < -0.4 is 14.4 Å². The van der Waals surface area contributed by atoms with Crippen LogP contribution in [0.15, 0.2) is 60.8 Å². The molecule has 1 saturated heterocycles. The van der Waals surface area contributed by atoms with Crippen LogP contribution in [-0.4, -0.2) is 41.3 Å². The van der Waals surface area contributed by atoms with Crippen LogP contribution in [0.4, 0.5) is 11.4 Å². The van der Waals surface area contributed by atoms with Gasteiger partial charge in [-0.15, -0.1) is 0 Å². The molecule has 4 rings (SSSR count). The van der Waals surface area contributed by atoms with Gasteiger partial charge in [0.2, 0.25) is 0 Å². The maximum absolute atomic E-state index is 12.7. The van der Waals surface area contributed by atoms with Gasteiger partial charge in [0.25, 0.3) is 5.91 Å². The van der Waals surface area contributed by atoms with E-state index >= 15 is 0 Å². The van der Waals surface area contributed by atoms with E-state index in [-0.39, 0.29) is 11.8 Å². The fraction of sp³-hybridized carbons (Fsp3) is 0.182. The fourth-order valence-corrected chi connectivity index (χ4v) is 4.37. The zero-order valence-corrected chi connectivity index (χ0v) is 18.3. The summed E-state index contributed by atoms with van der Waals surface area (Å²) in [5.41, 5.74) is 3.25. The molecule has 3 aromatic rings. The number of anilines is 2. The number of carbonyl (C=O) groups excluding carboxylic acids is 1. The summed E-state index contributed by atoms with van der Waals surface area (Å²) in [5.74, 6) is 0.573. The van der Waals surface area contributed by atoms with E-state index < -0.39 is 11.0 Å². The van der Waals surface area contributed by atoms with Gasteiger partial charge in [-0.2, -0.15) is 0 Å². The molecule has 0 bridgehead atoms. The van der Waals surface area contributed by atoms with Gasteiger partial charge >= 0.3 is 0 Å². The second-order valence-electron chi connectivity index (χ2n) is 6.73. The van der Waals surface area contributed by atoms with Crippen LogP contribution in [-0.2, 0) is 15.7 Å². The van der Waals surface area contributed by atoms with Gasteiger partial charge in [-0.05, 0) is 54.6 Å². The molecule has 1 aliphatic heterocycles. The summed E-state index contributed by atoms with van der Waals surface area (Å²) in [7, 11) is 0.357. The molecule has 0 spiro atoms. The molecule has 9 heteroatoms. The average Bonchev–Trinajstić information content (AvgIpc) is 2.81. The SMILES string of the molecule is COc1ccc(-c2cc(NC(=O)c3ccc(N4CCOCS4=O)cc3)ccc2Cl)nc1. The van der Waals surface area contributed by atoms with E-state index in [1.807, 2.05) is 0 Å². The van der Waals surface area contributed by atoms with E-state index in [1.165, 1.54) is 0 Å². The van der Waals surface area contributed by atoms with Crippen molar-refractivity contribution in [2.45, 2.75) is 0 Å². The average molecular weight is 458 g/mol. The summed E-state index contributed by atoms with van der Waals surface area (Å²) in [6.45, 7) is 1.07. The third-order valence-corrected chi connectivity index (χ3v) is 6.34. The van der Waals surface area contributed by atoms with Crippen LogP contribution in [0.25, 0.3) is 11.3 Å². The highest BCUT2D eigenvalue weighted by Crippen LogP contribution is 2.30. The van der Waals surface area contributed by atoms with Gasteiger partial charge in [-0.3, -0.25) is 14.1 Å². The monoisotopic (exact) mass is 457 g/mol. The Morgan fingerprint density at radius 2 is 2.00 bits per heavy atom. The summed E-state index contributed by atoms with van der Waals surface area (Å²) in [6.07, 6.45) is 1.61. The molecule has 1 aliphatic rings. The topological polar surface area (TPSA) is 80.8 Å². The first-order valence-electron chi connectivity index (χ1n) is 9.50. The molecule has 2 aromatic carbocycles. The lowest BCUT2D eigenvalue weighted by Gasteiger charge is -2.27. The quantitative estimate of drug-likeness (QED) is 0.623. The van der Waals surface area contributed by atoms with Crippen molar-refractivity contribution in [2.24, 2.45) is 0 Å². The van der Waals surface area contributed by atoms with Gasteiger partial charge < -0.3 is 14.8 Å². The van der Waals surface area contributed by atoms with Gasteiger partial charge in [0.1, 0.15) is 22.7 Å². The van der Waals surface area contributed by atoms with Crippen molar-refractivity contribution in [3.63, 3.8) is 0 Å². The zero-order valence-electron chi connectivity index (χ0n) is 16.7. The van der Waals surface area contributed by atoms with E-state index in [2.05, 4.69) is 10.3 Å². The molecule has 1 aromatic heterocycles. The molecular weight excluding hydrogens is 438 g/mol. The molecule has 1 atom stereocenters. The number of hydrogen-bond donors (Lipinski definition) is 1. The smallest absolute Gasteiger partial charge is 0.255 e. The lowest BCUT2D eigenvalue weighted by Crippen LogP contribution is -2.36. The Bertz CT molecular complexity index is 1110. The number of pyridine rings is 1. The van der Waals surface area contributed by atoms with E-state index in [9.17, 15) is 9.00 Å². The Balaban J connectivity index is 1.50. The Kier molecular flexibility index (Phi) is 6.50. The molecule has 7 nitrogen and oxygen atoms in total. The van der Waals surface area contributed by atoms with Crippen molar-refractivity contribution in [3.8, 4) is 17.0 Å². The number of aromatic nitrogens is 1. The number of carbonyl (C=O) groups is 1. The van der Waals surface area contributed by atoms with Crippen molar-refractivity contribution < 1.29 is 18.5 Å². The van der Waals surface area contributed by atoms with Gasteiger partial charge in [-0.25, -0.2) is 4.21 Å². The van der Waals surface area contributed by atoms with Gasteiger partial charge in [0.15, 0.2) is 0 Å². The summed E-state index contributed by atoms with van der Waals surface area (Å²) in [5, 5.41) is 3.41. The van der Waals surface area contributed by atoms with Crippen molar-refractivity contribution in [1.29, 1.82) is 0 Å². The van der Waals surface area contributed by atoms with E-state index in [0.717, 1.165) is 5.69 Å². The Hall–Kier alpha value is -2.94. The maximum atomic E-state index is 12.7. The minimum Gasteiger partial charge on any atom is -0.495 e. The first-order valence-corrected chi connectivity index (χ1v) is 11.2. The van der Waals surface area contributed by atoms with Gasteiger partial charge in [0.05, 0.1) is 37.2 Å². The number of ether oxygens (including phenoxy) is 2. The minimum atomic E-state index is -1.22. The molecule has 1 N–H and O–H groups in total. The van der Waals surface area contributed by atoms with Crippen LogP contribution >= 0.6 is 11.6 Å². The number of hydrogen-bond acceptors (Lipinski definition) is 5. The lowest BCUT2D eigenvalue weighted by molar-refractivity contribution is 0.102. The number of methoxy groups -OCH3 is 1. The van der Waals surface area contributed by atoms with Gasteiger partial charge in [-0.1, -0.05) is 11.6 Å². The molecule has 1 unspecified atom stereocenters. The first-order chi connectivity index (χ1) is 15.0.